The summed E-state index contributed by atoms with van der Waals surface area (Å²) < 4.78 is 0. The van der Waals surface area contributed by atoms with Gasteiger partial charge in [0.05, 0.1) is 12.1 Å². The van der Waals surface area contributed by atoms with Crippen LogP contribution < -0.4 is 5.32 Å². The van der Waals surface area contributed by atoms with E-state index in [0.29, 0.717) is 6.42 Å². The Bertz CT molecular complexity index is 338. The summed E-state index contributed by atoms with van der Waals surface area (Å²) in [6.45, 7) is 4.87. The van der Waals surface area contributed by atoms with Crippen molar-refractivity contribution in [3.63, 3.8) is 0 Å². The van der Waals surface area contributed by atoms with Gasteiger partial charge < -0.3 is 5.11 Å². The first kappa shape index (κ1) is 12.6. The predicted octanol–water partition coefficient (Wildman–Crippen LogP) is -0.413. The number of hydrogen-bond acceptors (Lipinski definition) is 4. The van der Waals surface area contributed by atoms with E-state index in [4.69, 9.17) is 5.11 Å². The van der Waals surface area contributed by atoms with E-state index in [1.54, 1.807) is 20.8 Å². The van der Waals surface area contributed by atoms with Crippen molar-refractivity contribution >= 4 is 17.8 Å². The number of aliphatic carboxylic acids is 1. The topological polar surface area (TPSA) is 86.7 Å². The zero-order chi connectivity index (χ0) is 12.5. The number of carbonyl (C=O) groups excluding carboxylic acids is 2. The maximum atomic E-state index is 11.6. The Morgan fingerprint density at radius 2 is 2.12 bits per heavy atom. The standard InChI is InChI=1S/C10H16N2O4/c1-4-6(8(14)15)12-5-7(13)11-9(16)10(12,2)3/h6H,4-5H2,1-3H3,(H,14,15)(H,11,13,16). The van der Waals surface area contributed by atoms with Crippen LogP contribution >= 0.6 is 0 Å². The van der Waals surface area contributed by atoms with Crippen LogP contribution in [0.3, 0.4) is 0 Å². The van der Waals surface area contributed by atoms with E-state index in [1.807, 2.05) is 0 Å². The highest BCUT2D eigenvalue weighted by Crippen LogP contribution is 2.22. The molecule has 0 aromatic rings. The minimum absolute atomic E-state index is 0.0659. The van der Waals surface area contributed by atoms with Crippen LogP contribution in [0.25, 0.3) is 0 Å². The summed E-state index contributed by atoms with van der Waals surface area (Å²) in [5, 5.41) is 11.3. The van der Waals surface area contributed by atoms with Crippen LogP contribution in [0.15, 0.2) is 0 Å². The second kappa shape index (κ2) is 4.21. The average molecular weight is 228 g/mol. The van der Waals surface area contributed by atoms with Crippen LogP contribution in [0.2, 0.25) is 0 Å². The predicted molar refractivity (Wildman–Crippen MR) is 55.6 cm³/mol. The van der Waals surface area contributed by atoms with Gasteiger partial charge in [0.25, 0.3) is 0 Å². The summed E-state index contributed by atoms with van der Waals surface area (Å²) in [6.07, 6.45) is 0.347. The molecule has 6 heteroatoms. The van der Waals surface area contributed by atoms with Crippen LogP contribution in [0.4, 0.5) is 0 Å². The summed E-state index contributed by atoms with van der Waals surface area (Å²) >= 11 is 0. The molecule has 6 nitrogen and oxygen atoms in total. The van der Waals surface area contributed by atoms with E-state index < -0.39 is 29.4 Å². The minimum Gasteiger partial charge on any atom is -0.480 e. The van der Waals surface area contributed by atoms with Gasteiger partial charge in [-0.1, -0.05) is 6.92 Å². The highest BCUT2D eigenvalue weighted by atomic mass is 16.4. The molecule has 0 aromatic carbocycles. The van der Waals surface area contributed by atoms with Crippen LogP contribution in [0.5, 0.6) is 0 Å². The summed E-state index contributed by atoms with van der Waals surface area (Å²) in [7, 11) is 0. The average Bonchev–Trinajstić information content (AvgIpc) is 2.14. The maximum absolute atomic E-state index is 11.6. The Morgan fingerprint density at radius 3 is 2.56 bits per heavy atom. The lowest BCUT2D eigenvalue weighted by Crippen LogP contribution is -2.67. The second-order valence-corrected chi connectivity index (χ2v) is 4.33. The first-order valence-electron chi connectivity index (χ1n) is 5.14. The molecule has 1 heterocycles. The van der Waals surface area contributed by atoms with Crippen molar-refractivity contribution in [2.75, 3.05) is 6.54 Å². The highest BCUT2D eigenvalue weighted by Gasteiger charge is 2.45. The van der Waals surface area contributed by atoms with Crippen LogP contribution in [-0.4, -0.2) is 45.9 Å². The molecular formula is C10H16N2O4. The number of hydrogen-bond donors (Lipinski definition) is 2. The van der Waals surface area contributed by atoms with Gasteiger partial charge in [0.15, 0.2) is 0 Å². The number of nitrogens with zero attached hydrogens (tertiary/aromatic N) is 1. The summed E-state index contributed by atoms with van der Waals surface area (Å²) in [4.78, 5) is 35.3. The molecule has 1 rings (SSSR count). The molecule has 1 aliphatic heterocycles. The zero-order valence-corrected chi connectivity index (χ0v) is 9.61. The number of piperazine rings is 1. The molecule has 1 fully saturated rings. The minimum atomic E-state index is -1.02. The van der Waals surface area contributed by atoms with E-state index in [1.165, 1.54) is 4.90 Å². The molecule has 0 saturated carbocycles. The van der Waals surface area contributed by atoms with E-state index in [-0.39, 0.29) is 6.54 Å². The van der Waals surface area contributed by atoms with Crippen molar-refractivity contribution in [3.05, 3.63) is 0 Å². The Morgan fingerprint density at radius 1 is 1.56 bits per heavy atom. The van der Waals surface area contributed by atoms with Crippen molar-refractivity contribution in [3.8, 4) is 0 Å². The first-order chi connectivity index (χ1) is 7.30. The Labute approximate surface area is 93.6 Å². The number of carboxylic acids is 1. The van der Waals surface area contributed by atoms with E-state index >= 15 is 0 Å². The molecule has 2 N–H and O–H groups in total. The van der Waals surface area contributed by atoms with Crippen molar-refractivity contribution in [1.29, 1.82) is 0 Å². The van der Waals surface area contributed by atoms with E-state index in [0.717, 1.165) is 0 Å². The largest absolute Gasteiger partial charge is 0.480 e. The fraction of sp³-hybridized carbons (Fsp3) is 0.700. The van der Waals surface area contributed by atoms with Crippen LogP contribution in [0, 0.1) is 0 Å². The monoisotopic (exact) mass is 228 g/mol. The Hall–Kier alpha value is -1.43. The quantitative estimate of drug-likeness (QED) is 0.641. The molecule has 0 aliphatic carbocycles. The van der Waals surface area contributed by atoms with Gasteiger partial charge in [-0.15, -0.1) is 0 Å². The van der Waals surface area contributed by atoms with Crippen LogP contribution in [-0.2, 0) is 14.4 Å². The van der Waals surface area contributed by atoms with Gasteiger partial charge in [-0.05, 0) is 20.3 Å². The fourth-order valence-electron chi connectivity index (χ4n) is 1.83. The summed E-state index contributed by atoms with van der Waals surface area (Å²) in [6, 6.07) is -0.815. The van der Waals surface area contributed by atoms with E-state index in [9.17, 15) is 14.4 Å². The first-order valence-corrected chi connectivity index (χ1v) is 5.14. The summed E-state index contributed by atoms with van der Waals surface area (Å²) in [5.74, 6) is -1.93. The molecule has 1 aliphatic rings. The number of rotatable bonds is 3. The SMILES string of the molecule is CCC(C(=O)O)N1CC(=O)NC(=O)C1(C)C. The highest BCUT2D eigenvalue weighted by molar-refractivity contribution is 6.03. The van der Waals surface area contributed by atoms with Gasteiger partial charge in [0, 0.05) is 0 Å². The molecule has 0 bridgehead atoms. The lowest BCUT2D eigenvalue weighted by Gasteiger charge is -2.42. The molecule has 0 radical (unpaired) electrons. The number of carboxylic acid groups (broad SMARTS) is 1. The number of carbonyl (C=O) groups is 3. The van der Waals surface area contributed by atoms with Gasteiger partial charge in [-0.2, -0.15) is 0 Å². The van der Waals surface area contributed by atoms with Crippen molar-refractivity contribution < 1.29 is 19.5 Å². The lowest BCUT2D eigenvalue weighted by atomic mass is 9.95. The molecule has 90 valence electrons. The third kappa shape index (κ3) is 2.06. The molecule has 1 saturated heterocycles. The van der Waals surface area contributed by atoms with Gasteiger partial charge in [-0.3, -0.25) is 24.6 Å². The molecule has 1 unspecified atom stereocenters. The van der Waals surface area contributed by atoms with Gasteiger partial charge in [0.2, 0.25) is 11.8 Å². The van der Waals surface area contributed by atoms with Crippen molar-refractivity contribution in [1.82, 2.24) is 10.2 Å². The molecule has 0 aromatic heterocycles. The van der Waals surface area contributed by atoms with Gasteiger partial charge in [-0.25, -0.2) is 0 Å². The normalized spacial score (nSPS) is 22.7. The zero-order valence-electron chi connectivity index (χ0n) is 9.61. The van der Waals surface area contributed by atoms with Gasteiger partial charge >= 0.3 is 5.97 Å². The summed E-state index contributed by atoms with van der Waals surface area (Å²) in [5.41, 5.74) is -0.979. The number of amides is 2. The number of nitrogens with one attached hydrogen (secondary N) is 1. The Balaban J connectivity index is 3.03. The Kier molecular flexibility index (Phi) is 3.32. The molecule has 1 atom stereocenters. The molecule has 0 spiro atoms. The fourth-order valence-corrected chi connectivity index (χ4v) is 1.83. The molecule has 16 heavy (non-hydrogen) atoms. The lowest BCUT2D eigenvalue weighted by molar-refractivity contribution is -0.155. The number of imide groups is 1. The molecular weight excluding hydrogens is 212 g/mol. The van der Waals surface area contributed by atoms with Gasteiger partial charge in [0.1, 0.15) is 6.04 Å². The van der Waals surface area contributed by atoms with E-state index in [2.05, 4.69) is 5.32 Å². The third-order valence-electron chi connectivity index (χ3n) is 2.89. The van der Waals surface area contributed by atoms with Crippen molar-refractivity contribution in [2.24, 2.45) is 0 Å². The second-order valence-electron chi connectivity index (χ2n) is 4.33. The maximum Gasteiger partial charge on any atom is 0.320 e. The van der Waals surface area contributed by atoms with Crippen molar-refractivity contribution in [2.45, 2.75) is 38.8 Å². The smallest absolute Gasteiger partial charge is 0.320 e. The third-order valence-corrected chi connectivity index (χ3v) is 2.89. The van der Waals surface area contributed by atoms with Crippen LogP contribution in [0.1, 0.15) is 27.2 Å². The molecule has 2 amide bonds.